The van der Waals surface area contributed by atoms with Crippen LogP contribution in [0.4, 0.5) is 4.79 Å². The molecule has 2 saturated heterocycles. The van der Waals surface area contributed by atoms with Gasteiger partial charge in [0.2, 0.25) is 11.8 Å². The van der Waals surface area contributed by atoms with Gasteiger partial charge in [0.1, 0.15) is 17.1 Å². The molecule has 0 aliphatic carbocycles. The molecular formula is C27H24N4O7. The van der Waals surface area contributed by atoms with Gasteiger partial charge in [-0.3, -0.25) is 29.8 Å². The van der Waals surface area contributed by atoms with Crippen molar-refractivity contribution in [3.05, 3.63) is 64.4 Å². The Labute approximate surface area is 216 Å². The molecule has 2 atom stereocenters. The molecule has 0 spiro atoms. The molecule has 0 bridgehead atoms. The fraction of sp³-hybridized carbons (Fsp3) is 0.296. The Morgan fingerprint density at radius 3 is 2.47 bits per heavy atom. The topological polar surface area (TPSA) is 147 Å². The quantitative estimate of drug-likeness (QED) is 0.346. The number of nitrogens with one attached hydrogen (secondary N) is 3. The summed E-state index contributed by atoms with van der Waals surface area (Å²) in [6.45, 7) is 3.60. The number of benzene rings is 2. The first-order chi connectivity index (χ1) is 18.0. The Morgan fingerprint density at radius 1 is 1.03 bits per heavy atom. The number of methoxy groups -OCH3 is 1. The van der Waals surface area contributed by atoms with E-state index < -0.39 is 22.9 Å². The third kappa shape index (κ3) is 3.31. The Morgan fingerprint density at radius 2 is 1.82 bits per heavy atom. The molecule has 6 amide bonds. The second-order valence-corrected chi connectivity index (χ2v) is 10.2. The van der Waals surface area contributed by atoms with Crippen LogP contribution >= 0.6 is 0 Å². The van der Waals surface area contributed by atoms with Crippen molar-refractivity contribution in [3.8, 4) is 5.75 Å². The highest BCUT2D eigenvalue weighted by Crippen LogP contribution is 2.39. The average Bonchev–Trinajstić information content (AvgIpc) is 3.57. The minimum atomic E-state index is -1.67. The van der Waals surface area contributed by atoms with Crippen LogP contribution in [-0.2, 0) is 31.9 Å². The maximum Gasteiger partial charge on any atom is 0.322 e. The van der Waals surface area contributed by atoms with Crippen LogP contribution < -0.4 is 20.7 Å². The van der Waals surface area contributed by atoms with Crippen LogP contribution in [0, 0.1) is 6.92 Å². The summed E-state index contributed by atoms with van der Waals surface area (Å²) in [6, 6.07) is 9.62. The molecular weight excluding hydrogens is 492 g/mol. The molecule has 1 unspecified atom stereocenters. The van der Waals surface area contributed by atoms with Crippen LogP contribution in [0.3, 0.4) is 0 Å². The molecule has 2 fully saturated rings. The first-order valence-corrected chi connectivity index (χ1v) is 12.0. The van der Waals surface area contributed by atoms with E-state index in [0.29, 0.717) is 27.8 Å². The first kappa shape index (κ1) is 23.7. The zero-order chi connectivity index (χ0) is 27.0. The largest absolute Gasteiger partial charge is 0.497 e. The molecule has 3 aliphatic rings. The normalized spacial score (nSPS) is 24.6. The molecule has 194 valence electrons. The first-order valence-electron chi connectivity index (χ1n) is 12.0. The Bertz CT molecular complexity index is 1610. The Hall–Kier alpha value is -4.67. The van der Waals surface area contributed by atoms with E-state index in [1.165, 1.54) is 12.0 Å². The minimum absolute atomic E-state index is 0.0215. The van der Waals surface area contributed by atoms with E-state index in [2.05, 4.69) is 16.0 Å². The molecule has 4 heterocycles. The van der Waals surface area contributed by atoms with E-state index >= 15 is 0 Å². The standard InChI is InChI=1S/C27H24N4O7/c1-13-6-19-15(7-18(13)26(2)10-21(32)28-23(26)34)8-20(38-19)27(24(35)29-25(36)30-27)12-31-11-14-4-5-16(37-3)9-17(14)22(31)33/h4-9H,10-12H2,1-3H3,(H,28,32,34)(H2,29,30,35,36)/t26?,27-/m0/s1. The summed E-state index contributed by atoms with van der Waals surface area (Å²) < 4.78 is 11.3. The summed E-state index contributed by atoms with van der Waals surface area (Å²) in [5.74, 6) is -0.987. The number of carbonyl (C=O) groups excluding carboxylic acids is 5. The number of hydrogen-bond acceptors (Lipinski definition) is 7. The summed E-state index contributed by atoms with van der Waals surface area (Å²) in [6.07, 6.45) is 0.0215. The predicted octanol–water partition coefficient (Wildman–Crippen LogP) is 1.74. The van der Waals surface area contributed by atoms with Crippen molar-refractivity contribution in [2.45, 2.75) is 37.8 Å². The van der Waals surface area contributed by atoms with Crippen LogP contribution in [0.25, 0.3) is 11.0 Å². The fourth-order valence-electron chi connectivity index (χ4n) is 5.66. The lowest BCUT2D eigenvalue weighted by Crippen LogP contribution is -2.52. The number of fused-ring (bicyclic) bond motifs is 2. The summed E-state index contributed by atoms with van der Waals surface area (Å²) in [4.78, 5) is 64.8. The zero-order valence-electron chi connectivity index (χ0n) is 20.9. The van der Waals surface area contributed by atoms with Crippen LogP contribution in [-0.4, -0.2) is 48.2 Å². The number of furan rings is 1. The van der Waals surface area contributed by atoms with Crippen molar-refractivity contribution in [2.75, 3.05) is 13.7 Å². The van der Waals surface area contributed by atoms with Gasteiger partial charge in [-0.05, 0) is 60.9 Å². The van der Waals surface area contributed by atoms with Crippen LogP contribution in [0.5, 0.6) is 5.75 Å². The van der Waals surface area contributed by atoms with E-state index in [4.69, 9.17) is 9.15 Å². The molecule has 0 radical (unpaired) electrons. The molecule has 2 aromatic carbocycles. The second kappa shape index (κ2) is 7.91. The van der Waals surface area contributed by atoms with Crippen LogP contribution in [0.15, 0.2) is 40.8 Å². The molecule has 11 nitrogen and oxygen atoms in total. The Kier molecular flexibility index (Phi) is 4.94. The predicted molar refractivity (Wildman–Crippen MR) is 132 cm³/mol. The van der Waals surface area contributed by atoms with Gasteiger partial charge in [0, 0.05) is 23.9 Å². The van der Waals surface area contributed by atoms with Gasteiger partial charge < -0.3 is 19.4 Å². The van der Waals surface area contributed by atoms with E-state index in [-0.39, 0.29) is 43.0 Å². The molecule has 38 heavy (non-hydrogen) atoms. The van der Waals surface area contributed by atoms with Crippen molar-refractivity contribution < 1.29 is 33.1 Å². The van der Waals surface area contributed by atoms with E-state index in [0.717, 1.165) is 11.1 Å². The lowest BCUT2D eigenvalue weighted by atomic mass is 9.78. The minimum Gasteiger partial charge on any atom is -0.497 e. The van der Waals surface area contributed by atoms with E-state index in [1.807, 2.05) is 6.92 Å². The molecule has 0 saturated carbocycles. The number of urea groups is 1. The van der Waals surface area contributed by atoms with Crippen LogP contribution in [0.2, 0.25) is 0 Å². The third-order valence-corrected chi connectivity index (χ3v) is 7.71. The summed E-state index contributed by atoms with van der Waals surface area (Å²) in [5.41, 5.74) is 0.357. The van der Waals surface area contributed by atoms with Crippen molar-refractivity contribution in [2.24, 2.45) is 0 Å². The average molecular weight is 517 g/mol. The van der Waals surface area contributed by atoms with Gasteiger partial charge in [0.05, 0.1) is 19.1 Å². The van der Waals surface area contributed by atoms with Crippen molar-refractivity contribution >= 4 is 40.6 Å². The molecule has 3 aromatic rings. The van der Waals surface area contributed by atoms with Gasteiger partial charge in [-0.2, -0.15) is 0 Å². The molecule has 6 rings (SSSR count). The highest BCUT2D eigenvalue weighted by atomic mass is 16.5. The molecule has 1 aromatic heterocycles. The SMILES string of the molecule is COc1ccc2c(c1)C(=O)N(C[C@@]1(c3cc4cc(C5(C)CC(=O)NC5=O)c(C)cc4o3)NC(=O)NC1=O)C2. The number of aryl methyl sites for hydroxylation is 1. The van der Waals surface area contributed by atoms with Gasteiger partial charge >= 0.3 is 6.03 Å². The second-order valence-electron chi connectivity index (χ2n) is 10.2. The number of hydrogen-bond donors (Lipinski definition) is 3. The Balaban J connectivity index is 1.41. The number of amides is 6. The molecule has 11 heteroatoms. The lowest BCUT2D eigenvalue weighted by molar-refractivity contribution is -0.127. The number of carbonyl (C=O) groups is 5. The lowest BCUT2D eigenvalue weighted by Gasteiger charge is -2.29. The highest BCUT2D eigenvalue weighted by Gasteiger charge is 2.53. The van der Waals surface area contributed by atoms with Gasteiger partial charge in [-0.15, -0.1) is 0 Å². The highest BCUT2D eigenvalue weighted by molar-refractivity contribution is 6.10. The van der Waals surface area contributed by atoms with Gasteiger partial charge in [-0.25, -0.2) is 4.79 Å². The van der Waals surface area contributed by atoms with E-state index in [1.54, 1.807) is 43.3 Å². The smallest absolute Gasteiger partial charge is 0.322 e. The van der Waals surface area contributed by atoms with Crippen molar-refractivity contribution in [1.82, 2.24) is 20.9 Å². The number of imide groups is 2. The van der Waals surface area contributed by atoms with E-state index in [9.17, 15) is 24.0 Å². The molecule has 3 N–H and O–H groups in total. The third-order valence-electron chi connectivity index (χ3n) is 7.71. The van der Waals surface area contributed by atoms with Gasteiger partial charge in [-0.1, -0.05) is 6.07 Å². The number of ether oxygens (including phenoxy) is 1. The molecule has 3 aliphatic heterocycles. The number of nitrogens with zero attached hydrogens (tertiary/aromatic N) is 1. The van der Waals surface area contributed by atoms with Gasteiger partial charge in [0.25, 0.3) is 11.8 Å². The van der Waals surface area contributed by atoms with Crippen molar-refractivity contribution in [3.63, 3.8) is 0 Å². The van der Waals surface area contributed by atoms with Crippen molar-refractivity contribution in [1.29, 1.82) is 0 Å². The maximum atomic E-state index is 13.2. The summed E-state index contributed by atoms with van der Waals surface area (Å²) in [7, 11) is 1.51. The number of rotatable bonds is 5. The van der Waals surface area contributed by atoms with Crippen LogP contribution in [0.1, 0.15) is 46.2 Å². The monoisotopic (exact) mass is 516 g/mol. The van der Waals surface area contributed by atoms with Gasteiger partial charge in [0.15, 0.2) is 5.54 Å². The zero-order valence-corrected chi connectivity index (χ0v) is 20.9. The summed E-state index contributed by atoms with van der Waals surface area (Å²) in [5, 5.41) is 7.89. The maximum absolute atomic E-state index is 13.2. The summed E-state index contributed by atoms with van der Waals surface area (Å²) >= 11 is 0. The fourth-order valence-corrected chi connectivity index (χ4v) is 5.66.